The second kappa shape index (κ2) is 5.12. The number of nitrogens with one attached hydrogen (secondary N) is 1. The predicted octanol–water partition coefficient (Wildman–Crippen LogP) is 1.67. The van der Waals surface area contributed by atoms with E-state index in [2.05, 4.69) is 10.3 Å². The van der Waals surface area contributed by atoms with E-state index in [0.29, 0.717) is 12.5 Å². The van der Waals surface area contributed by atoms with Gasteiger partial charge in [-0.1, -0.05) is 6.42 Å². The van der Waals surface area contributed by atoms with Crippen LogP contribution < -0.4 is 5.32 Å². The molecule has 1 aromatic rings. The maximum Gasteiger partial charge on any atom is 0.375 e. The van der Waals surface area contributed by atoms with Gasteiger partial charge >= 0.3 is 5.97 Å². The van der Waals surface area contributed by atoms with E-state index in [-0.39, 0.29) is 11.8 Å². The number of rotatable bonds is 3. The van der Waals surface area contributed by atoms with Crippen LogP contribution in [0.5, 0.6) is 0 Å². The molecule has 1 aliphatic heterocycles. The monoisotopic (exact) mass is 224 g/mol. The number of aromatic nitrogens is 1. The highest BCUT2D eigenvalue weighted by Gasteiger charge is 2.21. The molecule has 5 nitrogen and oxygen atoms in total. The Hall–Kier alpha value is -1.36. The Labute approximate surface area is 94.2 Å². The van der Waals surface area contributed by atoms with Crippen LogP contribution in [0.15, 0.2) is 10.6 Å². The Bertz CT molecular complexity index is 356. The molecule has 0 spiro atoms. The summed E-state index contributed by atoms with van der Waals surface area (Å²) < 4.78 is 10.2. The average Bonchev–Trinajstić information content (AvgIpc) is 2.80. The highest BCUT2D eigenvalue weighted by molar-refractivity contribution is 5.85. The molecule has 88 valence electrons. The minimum atomic E-state index is -0.447. The summed E-state index contributed by atoms with van der Waals surface area (Å²) in [4.78, 5) is 15.5. The van der Waals surface area contributed by atoms with Crippen molar-refractivity contribution in [3.05, 3.63) is 17.8 Å². The van der Waals surface area contributed by atoms with E-state index in [1.165, 1.54) is 12.6 Å². The van der Waals surface area contributed by atoms with E-state index in [4.69, 9.17) is 9.15 Å². The molecule has 1 atom stereocenters. The first kappa shape index (κ1) is 11.1. The van der Waals surface area contributed by atoms with Crippen molar-refractivity contribution in [3.8, 4) is 0 Å². The molecule has 1 saturated heterocycles. The average molecular weight is 224 g/mol. The molecule has 0 saturated carbocycles. The van der Waals surface area contributed by atoms with Gasteiger partial charge in [0.15, 0.2) is 0 Å². The van der Waals surface area contributed by atoms with Gasteiger partial charge in [-0.25, -0.2) is 9.78 Å². The highest BCUT2D eigenvalue weighted by atomic mass is 16.5. The summed E-state index contributed by atoms with van der Waals surface area (Å²) in [7, 11) is 0. The third-order valence-electron chi connectivity index (χ3n) is 2.61. The molecule has 2 heterocycles. The van der Waals surface area contributed by atoms with Crippen LogP contribution in [-0.4, -0.2) is 24.1 Å². The van der Waals surface area contributed by atoms with E-state index in [1.54, 1.807) is 6.92 Å². The lowest BCUT2D eigenvalue weighted by atomic mass is 10.1. The minimum Gasteiger partial charge on any atom is -0.460 e. The third-order valence-corrected chi connectivity index (χ3v) is 2.61. The second-order valence-corrected chi connectivity index (χ2v) is 3.79. The number of carbonyl (C=O) groups excluding carboxylic acids is 1. The van der Waals surface area contributed by atoms with E-state index in [9.17, 15) is 4.79 Å². The number of carbonyl (C=O) groups is 1. The minimum absolute atomic E-state index is 0.136. The third kappa shape index (κ3) is 2.41. The van der Waals surface area contributed by atoms with Crippen LogP contribution in [-0.2, 0) is 4.74 Å². The maximum absolute atomic E-state index is 11.4. The second-order valence-electron chi connectivity index (χ2n) is 3.79. The fourth-order valence-corrected chi connectivity index (χ4v) is 1.81. The van der Waals surface area contributed by atoms with Crippen LogP contribution in [0.4, 0.5) is 0 Å². The van der Waals surface area contributed by atoms with Gasteiger partial charge in [0, 0.05) is 0 Å². The van der Waals surface area contributed by atoms with Crippen LogP contribution in [0.2, 0.25) is 0 Å². The van der Waals surface area contributed by atoms with Crippen molar-refractivity contribution in [2.45, 2.75) is 32.2 Å². The lowest BCUT2D eigenvalue weighted by molar-refractivity contribution is 0.0486. The van der Waals surface area contributed by atoms with Gasteiger partial charge in [0.05, 0.1) is 18.8 Å². The SMILES string of the molecule is CCOC(=O)c1cnc(C2CCCCN2)o1. The Balaban J connectivity index is 2.03. The summed E-state index contributed by atoms with van der Waals surface area (Å²) in [5.41, 5.74) is 0. The summed E-state index contributed by atoms with van der Waals surface area (Å²) in [6.07, 6.45) is 4.78. The molecule has 2 rings (SSSR count). The summed E-state index contributed by atoms with van der Waals surface area (Å²) in [5, 5.41) is 3.31. The molecule has 16 heavy (non-hydrogen) atoms. The van der Waals surface area contributed by atoms with Crippen LogP contribution >= 0.6 is 0 Å². The van der Waals surface area contributed by atoms with Gasteiger partial charge in [-0.15, -0.1) is 0 Å². The quantitative estimate of drug-likeness (QED) is 0.791. The molecule has 5 heteroatoms. The zero-order valence-corrected chi connectivity index (χ0v) is 9.36. The Morgan fingerprint density at radius 3 is 3.25 bits per heavy atom. The van der Waals surface area contributed by atoms with Gasteiger partial charge in [-0.05, 0) is 26.3 Å². The zero-order valence-electron chi connectivity index (χ0n) is 9.36. The normalized spacial score (nSPS) is 20.7. The molecule has 1 N–H and O–H groups in total. The highest BCUT2D eigenvalue weighted by Crippen LogP contribution is 2.22. The fourth-order valence-electron chi connectivity index (χ4n) is 1.81. The van der Waals surface area contributed by atoms with Gasteiger partial charge in [0.1, 0.15) is 0 Å². The number of hydrogen-bond donors (Lipinski definition) is 1. The van der Waals surface area contributed by atoms with E-state index >= 15 is 0 Å². The predicted molar refractivity (Wildman–Crippen MR) is 57.1 cm³/mol. The van der Waals surface area contributed by atoms with E-state index < -0.39 is 5.97 Å². The lowest BCUT2D eigenvalue weighted by Crippen LogP contribution is -2.26. The van der Waals surface area contributed by atoms with E-state index in [1.807, 2.05) is 0 Å². The van der Waals surface area contributed by atoms with Gasteiger partial charge in [-0.3, -0.25) is 0 Å². The number of oxazole rings is 1. The van der Waals surface area contributed by atoms with Crippen molar-refractivity contribution in [2.24, 2.45) is 0 Å². The van der Waals surface area contributed by atoms with Gasteiger partial charge in [0.25, 0.3) is 0 Å². The Kier molecular flexibility index (Phi) is 3.56. The number of hydrogen-bond acceptors (Lipinski definition) is 5. The summed E-state index contributed by atoms with van der Waals surface area (Å²) in [6, 6.07) is 0.136. The first-order chi connectivity index (χ1) is 7.81. The first-order valence-corrected chi connectivity index (χ1v) is 5.67. The lowest BCUT2D eigenvalue weighted by Gasteiger charge is -2.20. The number of esters is 1. The standard InChI is InChI=1S/C11H16N2O3/c1-2-15-11(14)9-7-13-10(16-9)8-5-3-4-6-12-8/h7-8,12H,2-6H2,1H3. The van der Waals surface area contributed by atoms with E-state index in [0.717, 1.165) is 19.4 Å². The molecule has 0 amide bonds. The molecule has 0 bridgehead atoms. The molecule has 1 aliphatic rings. The van der Waals surface area contributed by atoms with Crippen LogP contribution in [0.25, 0.3) is 0 Å². The number of piperidine rings is 1. The van der Waals surface area contributed by atoms with Gasteiger partial charge < -0.3 is 14.5 Å². The first-order valence-electron chi connectivity index (χ1n) is 5.67. The Morgan fingerprint density at radius 1 is 1.69 bits per heavy atom. The van der Waals surface area contributed by atoms with Crippen LogP contribution in [0, 0.1) is 0 Å². The fraction of sp³-hybridized carbons (Fsp3) is 0.636. The van der Waals surface area contributed by atoms with Crippen molar-refractivity contribution < 1.29 is 13.9 Å². The zero-order chi connectivity index (χ0) is 11.4. The molecule has 0 aromatic carbocycles. The van der Waals surface area contributed by atoms with Crippen LogP contribution in [0.3, 0.4) is 0 Å². The largest absolute Gasteiger partial charge is 0.460 e. The number of ether oxygens (including phenoxy) is 1. The molecular formula is C11H16N2O3. The van der Waals surface area contributed by atoms with Crippen molar-refractivity contribution in [1.82, 2.24) is 10.3 Å². The van der Waals surface area contributed by atoms with Crippen molar-refractivity contribution in [1.29, 1.82) is 0 Å². The molecule has 1 fully saturated rings. The van der Waals surface area contributed by atoms with Gasteiger partial charge in [0.2, 0.25) is 11.7 Å². The smallest absolute Gasteiger partial charge is 0.375 e. The molecule has 0 radical (unpaired) electrons. The topological polar surface area (TPSA) is 64.4 Å². The number of nitrogens with zero attached hydrogens (tertiary/aromatic N) is 1. The maximum atomic E-state index is 11.4. The Morgan fingerprint density at radius 2 is 2.56 bits per heavy atom. The summed E-state index contributed by atoms with van der Waals surface area (Å²) in [5.74, 6) is 0.323. The van der Waals surface area contributed by atoms with Gasteiger partial charge in [-0.2, -0.15) is 0 Å². The molecule has 1 aromatic heterocycles. The van der Waals surface area contributed by atoms with Crippen molar-refractivity contribution in [3.63, 3.8) is 0 Å². The van der Waals surface area contributed by atoms with Crippen molar-refractivity contribution in [2.75, 3.05) is 13.2 Å². The van der Waals surface area contributed by atoms with Crippen molar-refractivity contribution >= 4 is 5.97 Å². The summed E-state index contributed by atoms with van der Waals surface area (Å²) in [6.45, 7) is 3.08. The summed E-state index contributed by atoms with van der Waals surface area (Å²) >= 11 is 0. The molecule has 0 aliphatic carbocycles. The molecule has 1 unspecified atom stereocenters. The van der Waals surface area contributed by atoms with Crippen LogP contribution in [0.1, 0.15) is 48.7 Å². The molecular weight excluding hydrogens is 208 g/mol.